The second-order valence-electron chi connectivity index (χ2n) is 4.96. The molecule has 0 aromatic rings. The van der Waals surface area contributed by atoms with Crippen LogP contribution in [0.3, 0.4) is 0 Å². The fourth-order valence-electron chi connectivity index (χ4n) is 1.82. The van der Waals surface area contributed by atoms with Gasteiger partial charge in [0.15, 0.2) is 0 Å². The van der Waals surface area contributed by atoms with Crippen LogP contribution in [0.4, 0.5) is 0 Å². The number of rotatable bonds is 1. The Morgan fingerprint density at radius 2 is 1.93 bits per heavy atom. The third-order valence-corrected chi connectivity index (χ3v) is 3.91. The summed E-state index contributed by atoms with van der Waals surface area (Å²) in [5.41, 5.74) is -0.0174. The van der Waals surface area contributed by atoms with E-state index in [9.17, 15) is 8.42 Å². The average Bonchev–Trinajstić information content (AvgIpc) is 2.01. The van der Waals surface area contributed by atoms with Gasteiger partial charge in [0, 0.05) is 25.7 Å². The highest BCUT2D eigenvalue weighted by atomic mass is 32.2. The summed E-state index contributed by atoms with van der Waals surface area (Å²) in [5, 5.41) is 3.24. The first-order chi connectivity index (χ1) is 6.23. The first-order valence-corrected chi connectivity index (χ1v) is 6.75. The van der Waals surface area contributed by atoms with Crippen molar-refractivity contribution < 1.29 is 8.42 Å². The molecule has 0 radical (unpaired) electrons. The Bertz CT molecular complexity index is 292. The van der Waals surface area contributed by atoms with E-state index in [1.54, 1.807) is 4.31 Å². The minimum Gasteiger partial charge on any atom is -0.314 e. The second-order valence-corrected chi connectivity index (χ2v) is 6.89. The van der Waals surface area contributed by atoms with E-state index in [2.05, 4.69) is 26.1 Å². The summed E-state index contributed by atoms with van der Waals surface area (Å²) >= 11 is 0. The first kappa shape index (κ1) is 11.9. The maximum Gasteiger partial charge on any atom is 0.211 e. The first-order valence-electron chi connectivity index (χ1n) is 4.90. The molecule has 14 heavy (non-hydrogen) atoms. The highest BCUT2D eigenvalue weighted by Crippen LogP contribution is 2.26. The number of hydrogen-bond acceptors (Lipinski definition) is 3. The summed E-state index contributed by atoms with van der Waals surface area (Å²) in [6, 6.07) is 0.0613. The van der Waals surface area contributed by atoms with Crippen LogP contribution in [0.5, 0.6) is 0 Å². The Kier molecular flexibility index (Phi) is 3.23. The Hall–Kier alpha value is -0.130. The maximum atomic E-state index is 11.5. The molecule has 1 aliphatic heterocycles. The molecule has 0 bridgehead atoms. The third-order valence-electron chi connectivity index (χ3n) is 2.62. The van der Waals surface area contributed by atoms with Crippen LogP contribution in [-0.4, -0.2) is 44.7 Å². The summed E-state index contributed by atoms with van der Waals surface area (Å²) in [4.78, 5) is 0. The van der Waals surface area contributed by atoms with Crippen LogP contribution < -0.4 is 5.32 Å². The summed E-state index contributed by atoms with van der Waals surface area (Å²) < 4.78 is 24.7. The van der Waals surface area contributed by atoms with Gasteiger partial charge in [-0.1, -0.05) is 20.8 Å². The number of hydrogen-bond donors (Lipinski definition) is 1. The third kappa shape index (κ3) is 2.68. The highest BCUT2D eigenvalue weighted by molar-refractivity contribution is 7.88. The van der Waals surface area contributed by atoms with Crippen LogP contribution in [0.2, 0.25) is 0 Å². The summed E-state index contributed by atoms with van der Waals surface area (Å²) in [5.74, 6) is 0. The zero-order valence-corrected chi connectivity index (χ0v) is 10.2. The minimum atomic E-state index is -3.06. The summed E-state index contributed by atoms with van der Waals surface area (Å²) in [7, 11) is -3.06. The maximum absolute atomic E-state index is 11.5. The Balaban J connectivity index is 2.91. The molecule has 0 aliphatic carbocycles. The lowest BCUT2D eigenvalue weighted by Crippen LogP contribution is -2.58. The van der Waals surface area contributed by atoms with Crippen LogP contribution in [0, 0.1) is 5.41 Å². The fraction of sp³-hybridized carbons (Fsp3) is 1.00. The molecule has 1 rings (SSSR count). The molecule has 0 aromatic heterocycles. The van der Waals surface area contributed by atoms with Crippen LogP contribution >= 0.6 is 0 Å². The molecule has 1 heterocycles. The van der Waals surface area contributed by atoms with Gasteiger partial charge in [-0.25, -0.2) is 8.42 Å². The molecular formula is C9H20N2O2S. The zero-order chi connectivity index (χ0) is 11.0. The second kappa shape index (κ2) is 3.79. The quantitative estimate of drug-likeness (QED) is 0.690. The number of piperazine rings is 1. The molecule has 0 spiro atoms. The lowest BCUT2D eigenvalue weighted by molar-refractivity contribution is 0.149. The van der Waals surface area contributed by atoms with Gasteiger partial charge in [0.1, 0.15) is 0 Å². The van der Waals surface area contributed by atoms with Crippen molar-refractivity contribution in [1.82, 2.24) is 9.62 Å². The van der Waals surface area contributed by atoms with E-state index in [1.807, 2.05) is 0 Å². The SMILES string of the molecule is CC(C)(C)C1CNCCN1S(C)(=O)=O. The Morgan fingerprint density at radius 1 is 1.36 bits per heavy atom. The van der Waals surface area contributed by atoms with E-state index >= 15 is 0 Å². The van der Waals surface area contributed by atoms with Gasteiger partial charge in [0.05, 0.1) is 6.26 Å². The molecule has 0 saturated carbocycles. The molecule has 1 aliphatic rings. The Labute approximate surface area is 86.7 Å². The van der Waals surface area contributed by atoms with Gasteiger partial charge in [-0.05, 0) is 5.41 Å². The summed E-state index contributed by atoms with van der Waals surface area (Å²) in [6.45, 7) is 8.30. The Morgan fingerprint density at radius 3 is 2.29 bits per heavy atom. The monoisotopic (exact) mass is 220 g/mol. The van der Waals surface area contributed by atoms with Crippen LogP contribution in [0.1, 0.15) is 20.8 Å². The van der Waals surface area contributed by atoms with Gasteiger partial charge in [-0.15, -0.1) is 0 Å². The van der Waals surface area contributed by atoms with Gasteiger partial charge in [0.2, 0.25) is 10.0 Å². The molecule has 1 atom stereocenters. The van der Waals surface area contributed by atoms with E-state index in [0.29, 0.717) is 6.54 Å². The van der Waals surface area contributed by atoms with E-state index in [-0.39, 0.29) is 11.5 Å². The average molecular weight is 220 g/mol. The predicted octanol–water partition coefficient (Wildman–Crippen LogP) is 0.266. The summed E-state index contributed by atoms with van der Waals surface area (Å²) in [6.07, 6.45) is 1.29. The van der Waals surface area contributed by atoms with E-state index < -0.39 is 10.0 Å². The molecule has 4 nitrogen and oxygen atoms in total. The smallest absolute Gasteiger partial charge is 0.211 e. The number of nitrogens with zero attached hydrogens (tertiary/aromatic N) is 1. The largest absolute Gasteiger partial charge is 0.314 e. The van der Waals surface area contributed by atoms with Crippen molar-refractivity contribution in [2.45, 2.75) is 26.8 Å². The molecule has 1 saturated heterocycles. The zero-order valence-electron chi connectivity index (χ0n) is 9.37. The van der Waals surface area contributed by atoms with Crippen LogP contribution in [0.25, 0.3) is 0 Å². The van der Waals surface area contributed by atoms with Crippen molar-refractivity contribution in [3.63, 3.8) is 0 Å². The van der Waals surface area contributed by atoms with Gasteiger partial charge in [-0.3, -0.25) is 0 Å². The van der Waals surface area contributed by atoms with Crippen molar-refractivity contribution >= 4 is 10.0 Å². The normalized spacial score (nSPS) is 26.4. The lowest BCUT2D eigenvalue weighted by Gasteiger charge is -2.41. The minimum absolute atomic E-state index is 0.0174. The number of nitrogens with one attached hydrogen (secondary N) is 1. The molecule has 0 amide bonds. The molecule has 84 valence electrons. The van der Waals surface area contributed by atoms with Crippen molar-refractivity contribution in [2.75, 3.05) is 25.9 Å². The van der Waals surface area contributed by atoms with Crippen molar-refractivity contribution in [3.05, 3.63) is 0 Å². The molecular weight excluding hydrogens is 200 g/mol. The topological polar surface area (TPSA) is 49.4 Å². The molecule has 1 N–H and O–H groups in total. The van der Waals surface area contributed by atoms with Crippen LogP contribution in [0.15, 0.2) is 0 Å². The van der Waals surface area contributed by atoms with Crippen molar-refractivity contribution in [2.24, 2.45) is 5.41 Å². The van der Waals surface area contributed by atoms with Crippen molar-refractivity contribution in [3.8, 4) is 0 Å². The lowest BCUT2D eigenvalue weighted by atomic mass is 9.86. The standard InChI is InChI=1S/C9H20N2O2S/c1-9(2,3)8-7-10-5-6-11(8)14(4,12)13/h8,10H,5-7H2,1-4H3. The van der Waals surface area contributed by atoms with Crippen LogP contribution in [-0.2, 0) is 10.0 Å². The molecule has 1 unspecified atom stereocenters. The highest BCUT2D eigenvalue weighted by Gasteiger charge is 2.36. The fourth-order valence-corrected chi connectivity index (χ4v) is 3.10. The van der Waals surface area contributed by atoms with E-state index in [1.165, 1.54) is 6.26 Å². The van der Waals surface area contributed by atoms with Gasteiger partial charge < -0.3 is 5.32 Å². The van der Waals surface area contributed by atoms with Gasteiger partial charge in [-0.2, -0.15) is 4.31 Å². The molecule has 5 heteroatoms. The van der Waals surface area contributed by atoms with E-state index in [0.717, 1.165) is 13.1 Å². The van der Waals surface area contributed by atoms with Crippen molar-refractivity contribution in [1.29, 1.82) is 0 Å². The predicted molar refractivity (Wildman–Crippen MR) is 57.7 cm³/mol. The molecule has 1 fully saturated rings. The van der Waals surface area contributed by atoms with E-state index in [4.69, 9.17) is 0 Å². The van der Waals surface area contributed by atoms with Gasteiger partial charge >= 0.3 is 0 Å². The van der Waals surface area contributed by atoms with Gasteiger partial charge in [0.25, 0.3) is 0 Å². The molecule has 0 aromatic carbocycles. The number of sulfonamides is 1.